The van der Waals surface area contributed by atoms with Gasteiger partial charge in [-0.3, -0.25) is 12.5 Å². The summed E-state index contributed by atoms with van der Waals surface area (Å²) in [5.41, 5.74) is -4.43. The van der Waals surface area contributed by atoms with Gasteiger partial charge in [0.1, 0.15) is 6.10 Å². The van der Waals surface area contributed by atoms with E-state index in [1.54, 1.807) is 13.8 Å². The number of hydrogen-bond acceptors (Lipinski definition) is 9. The molecular formula is C18H19F3O9S3. The molecule has 0 atom stereocenters. The van der Waals surface area contributed by atoms with Crippen LogP contribution in [0.15, 0.2) is 58.3 Å². The maximum atomic E-state index is 12.7. The lowest BCUT2D eigenvalue weighted by Crippen LogP contribution is -2.36. The molecule has 0 spiro atoms. The Morgan fingerprint density at radius 2 is 1.03 bits per heavy atom. The van der Waals surface area contributed by atoms with Crippen LogP contribution in [0.1, 0.15) is 11.1 Å². The van der Waals surface area contributed by atoms with Gasteiger partial charge in [0.15, 0.2) is 0 Å². The number of aryl methyl sites for hydroxylation is 2. The highest BCUT2D eigenvalue weighted by Gasteiger charge is 2.49. The molecule has 0 aromatic heterocycles. The minimum atomic E-state index is -6.22. The highest BCUT2D eigenvalue weighted by atomic mass is 32.2. The van der Waals surface area contributed by atoms with E-state index in [1.165, 1.54) is 24.3 Å². The lowest BCUT2D eigenvalue weighted by atomic mass is 10.2. The topological polar surface area (TPSA) is 130 Å². The molecule has 33 heavy (non-hydrogen) atoms. The molecule has 0 heterocycles. The molecule has 0 fully saturated rings. The first kappa shape index (κ1) is 27.2. The fraction of sp³-hybridized carbons (Fsp3) is 0.333. The average Bonchev–Trinajstić information content (AvgIpc) is 2.70. The van der Waals surface area contributed by atoms with Crippen molar-refractivity contribution >= 4 is 30.4 Å². The summed E-state index contributed by atoms with van der Waals surface area (Å²) < 4.78 is 123. The van der Waals surface area contributed by atoms with E-state index in [2.05, 4.69) is 12.5 Å². The van der Waals surface area contributed by atoms with Crippen molar-refractivity contribution in [3.05, 3.63) is 59.7 Å². The second kappa shape index (κ2) is 10.1. The molecule has 0 N–H and O–H groups in total. The standard InChI is InChI=1S/C18H19F3O9S3/c1-13-3-7-16(8-4-13)31(22,23)28-11-15(30-33(26,27)18(19,20)21)12-29-32(24,25)17-9-5-14(2)6-10-17/h3-10,15H,11-12H2,1-2H3. The summed E-state index contributed by atoms with van der Waals surface area (Å²) in [5.74, 6) is 0. The number of halogens is 3. The molecule has 0 aliphatic rings. The van der Waals surface area contributed by atoms with Gasteiger partial charge in [0.25, 0.3) is 20.2 Å². The van der Waals surface area contributed by atoms with E-state index in [1.807, 2.05) is 0 Å². The average molecular weight is 533 g/mol. The van der Waals surface area contributed by atoms with E-state index < -0.39 is 55.2 Å². The third-order valence-electron chi connectivity index (χ3n) is 3.98. The van der Waals surface area contributed by atoms with Crippen molar-refractivity contribution in [1.29, 1.82) is 0 Å². The zero-order chi connectivity index (χ0) is 25.1. The largest absolute Gasteiger partial charge is 0.523 e. The Hall–Kier alpha value is -2.04. The zero-order valence-electron chi connectivity index (χ0n) is 17.1. The van der Waals surface area contributed by atoms with Gasteiger partial charge in [-0.15, -0.1) is 0 Å². The third-order valence-corrected chi connectivity index (χ3v) is 7.67. The molecule has 15 heteroatoms. The van der Waals surface area contributed by atoms with E-state index in [0.29, 0.717) is 11.1 Å². The third kappa shape index (κ3) is 7.48. The Morgan fingerprint density at radius 1 is 0.697 bits per heavy atom. The minimum Gasteiger partial charge on any atom is -0.263 e. The Labute approximate surface area is 189 Å². The van der Waals surface area contributed by atoms with Gasteiger partial charge in [0.05, 0.1) is 23.0 Å². The molecule has 0 saturated heterocycles. The summed E-state index contributed by atoms with van der Waals surface area (Å²) in [4.78, 5) is -0.725. The number of alkyl halides is 3. The van der Waals surface area contributed by atoms with E-state index in [0.717, 1.165) is 24.3 Å². The van der Waals surface area contributed by atoms with E-state index in [-0.39, 0.29) is 9.79 Å². The summed E-state index contributed by atoms with van der Waals surface area (Å²) in [6.07, 6.45) is -2.27. The van der Waals surface area contributed by atoms with Crippen LogP contribution < -0.4 is 0 Å². The predicted molar refractivity (Wildman–Crippen MR) is 108 cm³/mol. The van der Waals surface area contributed by atoms with Crippen LogP contribution >= 0.6 is 0 Å². The molecule has 2 aromatic rings. The summed E-state index contributed by atoms with van der Waals surface area (Å²) >= 11 is 0. The smallest absolute Gasteiger partial charge is 0.263 e. The van der Waals surface area contributed by atoms with Crippen molar-refractivity contribution in [3.63, 3.8) is 0 Å². The van der Waals surface area contributed by atoms with Crippen LogP contribution in [0.5, 0.6) is 0 Å². The van der Waals surface area contributed by atoms with Crippen molar-refractivity contribution in [3.8, 4) is 0 Å². The molecule has 9 nitrogen and oxygen atoms in total. The van der Waals surface area contributed by atoms with Crippen LogP contribution in [0.4, 0.5) is 13.2 Å². The molecule has 0 radical (unpaired) electrons. The molecule has 0 bridgehead atoms. The molecule has 2 rings (SSSR count). The van der Waals surface area contributed by atoms with Crippen molar-refractivity contribution in [2.45, 2.75) is 35.3 Å². The second-order valence-electron chi connectivity index (χ2n) is 6.72. The first-order chi connectivity index (χ1) is 15.0. The first-order valence-corrected chi connectivity index (χ1v) is 13.2. The number of benzene rings is 2. The monoisotopic (exact) mass is 532 g/mol. The van der Waals surface area contributed by atoms with E-state index in [9.17, 15) is 38.4 Å². The van der Waals surface area contributed by atoms with Gasteiger partial charge in [0.2, 0.25) is 0 Å². The highest BCUT2D eigenvalue weighted by molar-refractivity contribution is 7.87. The molecule has 0 amide bonds. The molecule has 0 aliphatic heterocycles. The summed E-state index contributed by atoms with van der Waals surface area (Å²) in [7, 11) is -15.3. The van der Waals surface area contributed by atoms with Crippen LogP contribution in [0.25, 0.3) is 0 Å². The molecule has 0 saturated carbocycles. The van der Waals surface area contributed by atoms with Crippen LogP contribution in [0.3, 0.4) is 0 Å². The van der Waals surface area contributed by atoms with Gasteiger partial charge < -0.3 is 0 Å². The van der Waals surface area contributed by atoms with Gasteiger partial charge in [-0.25, -0.2) is 0 Å². The zero-order valence-corrected chi connectivity index (χ0v) is 19.6. The van der Waals surface area contributed by atoms with Crippen molar-refractivity contribution in [2.24, 2.45) is 0 Å². The molecule has 184 valence electrons. The van der Waals surface area contributed by atoms with Gasteiger partial charge in [0, 0.05) is 0 Å². The van der Waals surface area contributed by atoms with Crippen LogP contribution in [-0.2, 0) is 42.9 Å². The fourth-order valence-electron chi connectivity index (χ4n) is 2.21. The lowest BCUT2D eigenvalue weighted by Gasteiger charge is -2.18. The summed E-state index contributed by atoms with van der Waals surface area (Å²) in [6, 6.07) is 10.3. The molecule has 0 unspecified atom stereocenters. The predicted octanol–water partition coefficient (Wildman–Crippen LogP) is 2.65. The summed E-state index contributed by atoms with van der Waals surface area (Å²) in [5, 5.41) is 0. The Bertz CT molecular complexity index is 1190. The highest BCUT2D eigenvalue weighted by Crippen LogP contribution is 2.26. The van der Waals surface area contributed by atoms with Gasteiger partial charge >= 0.3 is 15.6 Å². The number of rotatable bonds is 10. The fourth-order valence-corrected chi connectivity index (χ4v) is 4.67. The molecule has 0 aliphatic carbocycles. The summed E-state index contributed by atoms with van der Waals surface area (Å²) in [6.45, 7) is 0.785. The minimum absolute atomic E-state index is 0.362. The molecule has 2 aromatic carbocycles. The van der Waals surface area contributed by atoms with Gasteiger partial charge in [-0.1, -0.05) is 35.4 Å². The SMILES string of the molecule is Cc1ccc(S(=O)(=O)OCC(COS(=O)(=O)c2ccc(C)cc2)OS(=O)(=O)C(F)(F)F)cc1. The van der Waals surface area contributed by atoms with Gasteiger partial charge in [-0.2, -0.15) is 38.4 Å². The lowest BCUT2D eigenvalue weighted by molar-refractivity contribution is -0.0601. The Morgan fingerprint density at radius 3 is 1.33 bits per heavy atom. The molecular weight excluding hydrogens is 513 g/mol. The maximum absolute atomic E-state index is 12.7. The maximum Gasteiger partial charge on any atom is 0.523 e. The van der Waals surface area contributed by atoms with Crippen LogP contribution in [0, 0.1) is 13.8 Å². The quantitative estimate of drug-likeness (QED) is 0.335. The van der Waals surface area contributed by atoms with E-state index in [4.69, 9.17) is 0 Å². The Balaban J connectivity index is 2.22. The van der Waals surface area contributed by atoms with E-state index >= 15 is 0 Å². The van der Waals surface area contributed by atoms with Crippen LogP contribution in [0.2, 0.25) is 0 Å². The second-order valence-corrected chi connectivity index (χ2v) is 11.5. The normalized spacial score (nSPS) is 13.4. The van der Waals surface area contributed by atoms with Crippen molar-refractivity contribution in [1.82, 2.24) is 0 Å². The van der Waals surface area contributed by atoms with Gasteiger partial charge in [-0.05, 0) is 38.1 Å². The Kier molecular flexibility index (Phi) is 8.30. The van der Waals surface area contributed by atoms with Crippen molar-refractivity contribution < 1.29 is 51.0 Å². The number of hydrogen-bond donors (Lipinski definition) is 0. The first-order valence-electron chi connectivity index (χ1n) is 8.95. The van der Waals surface area contributed by atoms with Crippen molar-refractivity contribution in [2.75, 3.05) is 13.2 Å². The van der Waals surface area contributed by atoms with Crippen LogP contribution in [-0.4, -0.2) is 50.1 Å².